The van der Waals surface area contributed by atoms with E-state index in [1.807, 2.05) is 51.1 Å². The van der Waals surface area contributed by atoms with Crippen molar-refractivity contribution in [2.24, 2.45) is 11.1 Å². The summed E-state index contributed by atoms with van der Waals surface area (Å²) in [5, 5.41) is 7.26. The van der Waals surface area contributed by atoms with Crippen molar-refractivity contribution in [3.8, 4) is 0 Å². The van der Waals surface area contributed by atoms with Gasteiger partial charge in [-0.15, -0.1) is 0 Å². The minimum absolute atomic E-state index is 0.103. The van der Waals surface area contributed by atoms with Crippen LogP contribution in [0.15, 0.2) is 30.3 Å². The molecule has 2 unspecified atom stereocenters. The third kappa shape index (κ3) is 3.11. The molecule has 2 aliphatic rings. The number of likely N-dealkylation sites (tertiary alicyclic amines) is 1. The highest BCUT2D eigenvalue weighted by Crippen LogP contribution is 2.31. The van der Waals surface area contributed by atoms with Crippen molar-refractivity contribution >= 4 is 22.7 Å². The highest BCUT2D eigenvalue weighted by Gasteiger charge is 2.49. The molecule has 1 aromatic carbocycles. The molecule has 27 heavy (non-hydrogen) atoms. The lowest BCUT2D eigenvalue weighted by Crippen LogP contribution is -2.63. The van der Waals surface area contributed by atoms with E-state index in [2.05, 4.69) is 15.6 Å². The Labute approximate surface area is 158 Å². The van der Waals surface area contributed by atoms with Gasteiger partial charge in [-0.05, 0) is 24.0 Å². The second-order valence-electron chi connectivity index (χ2n) is 8.68. The van der Waals surface area contributed by atoms with Gasteiger partial charge in [0.05, 0.1) is 6.17 Å². The van der Waals surface area contributed by atoms with Gasteiger partial charge in [0.1, 0.15) is 11.7 Å². The molecule has 5 N–H and O–H groups in total. The van der Waals surface area contributed by atoms with E-state index in [9.17, 15) is 9.59 Å². The van der Waals surface area contributed by atoms with Crippen LogP contribution in [0.25, 0.3) is 10.9 Å². The van der Waals surface area contributed by atoms with Crippen molar-refractivity contribution < 1.29 is 9.59 Å². The first kappa shape index (κ1) is 18.0. The summed E-state index contributed by atoms with van der Waals surface area (Å²) in [6, 6.07) is 9.12. The molecule has 3 heterocycles. The summed E-state index contributed by atoms with van der Waals surface area (Å²) < 4.78 is 0. The lowest BCUT2D eigenvalue weighted by Gasteiger charge is -2.39. The Bertz CT molecular complexity index is 849. The van der Waals surface area contributed by atoms with Crippen molar-refractivity contribution in [2.75, 3.05) is 6.54 Å². The maximum Gasteiger partial charge on any atom is 0.268 e. The number of amides is 2. The summed E-state index contributed by atoms with van der Waals surface area (Å²) in [6.07, 6.45) is 0.533. The van der Waals surface area contributed by atoms with E-state index in [1.165, 1.54) is 0 Å². The van der Waals surface area contributed by atoms with E-state index in [0.717, 1.165) is 23.9 Å². The highest BCUT2D eigenvalue weighted by molar-refractivity contribution is 6.00. The maximum atomic E-state index is 13.3. The molecule has 2 aromatic rings. The van der Waals surface area contributed by atoms with Crippen molar-refractivity contribution in [2.45, 2.75) is 51.5 Å². The zero-order chi connectivity index (χ0) is 19.3. The number of carbonyl (C=O) groups excluding carboxylic acids is 2. The van der Waals surface area contributed by atoms with Gasteiger partial charge in [0, 0.05) is 29.5 Å². The molecule has 0 saturated carbocycles. The Balaban J connectivity index is 1.57. The van der Waals surface area contributed by atoms with Gasteiger partial charge in [0.25, 0.3) is 5.91 Å². The smallest absolute Gasteiger partial charge is 0.268 e. The topological polar surface area (TPSA) is 103 Å². The van der Waals surface area contributed by atoms with Gasteiger partial charge in [0.15, 0.2) is 0 Å². The van der Waals surface area contributed by atoms with Crippen LogP contribution in [0, 0.1) is 5.41 Å². The monoisotopic (exact) mass is 369 g/mol. The number of hydrogen-bond acceptors (Lipinski definition) is 4. The Hall–Kier alpha value is -2.38. The number of aromatic amines is 1. The number of piperazine rings is 1. The third-order valence-corrected chi connectivity index (χ3v) is 5.69. The van der Waals surface area contributed by atoms with E-state index in [1.54, 1.807) is 4.90 Å². The number of nitrogens with two attached hydrogens (primary N) is 1. The van der Waals surface area contributed by atoms with Crippen LogP contribution >= 0.6 is 0 Å². The largest absolute Gasteiger partial charge is 0.351 e. The average molecular weight is 369 g/mol. The molecule has 4 atom stereocenters. The molecule has 1 aromatic heterocycles. The van der Waals surface area contributed by atoms with E-state index in [-0.39, 0.29) is 30.1 Å². The summed E-state index contributed by atoms with van der Waals surface area (Å²) in [7, 11) is 0. The van der Waals surface area contributed by atoms with Crippen molar-refractivity contribution in [3.63, 3.8) is 0 Å². The number of rotatable bonds is 3. The van der Waals surface area contributed by atoms with Gasteiger partial charge in [-0.2, -0.15) is 0 Å². The Morgan fingerprint density at radius 3 is 2.67 bits per heavy atom. The van der Waals surface area contributed by atoms with Crippen LogP contribution in [0.3, 0.4) is 0 Å². The fraction of sp³-hybridized carbons (Fsp3) is 0.500. The van der Waals surface area contributed by atoms with Crippen LogP contribution in [0.1, 0.15) is 37.7 Å². The van der Waals surface area contributed by atoms with Crippen molar-refractivity contribution in [3.05, 3.63) is 36.0 Å². The maximum absolute atomic E-state index is 13.3. The Morgan fingerprint density at radius 2 is 2.04 bits per heavy atom. The molecule has 2 fully saturated rings. The summed E-state index contributed by atoms with van der Waals surface area (Å²) in [5.41, 5.74) is 7.17. The van der Waals surface area contributed by atoms with E-state index in [0.29, 0.717) is 5.69 Å². The van der Waals surface area contributed by atoms with Gasteiger partial charge in [-0.3, -0.25) is 9.59 Å². The molecule has 2 saturated heterocycles. The molecule has 7 heteroatoms. The zero-order valence-electron chi connectivity index (χ0n) is 16.0. The molecule has 7 nitrogen and oxygen atoms in total. The predicted molar refractivity (Wildman–Crippen MR) is 104 cm³/mol. The fourth-order valence-corrected chi connectivity index (χ4v) is 4.19. The van der Waals surface area contributed by atoms with Crippen molar-refractivity contribution in [1.82, 2.24) is 20.5 Å². The van der Waals surface area contributed by atoms with Crippen LogP contribution in [-0.2, 0) is 4.79 Å². The van der Waals surface area contributed by atoms with Crippen LogP contribution in [0.5, 0.6) is 0 Å². The van der Waals surface area contributed by atoms with Gasteiger partial charge < -0.3 is 26.3 Å². The molecule has 0 aliphatic carbocycles. The second-order valence-corrected chi connectivity index (χ2v) is 8.68. The van der Waals surface area contributed by atoms with Crippen LogP contribution < -0.4 is 16.4 Å². The molecule has 144 valence electrons. The summed E-state index contributed by atoms with van der Waals surface area (Å²) in [5.74, 6) is -0.385. The molecule has 4 rings (SSSR count). The number of aromatic nitrogens is 1. The Morgan fingerprint density at radius 1 is 1.30 bits per heavy atom. The summed E-state index contributed by atoms with van der Waals surface area (Å²) >= 11 is 0. The van der Waals surface area contributed by atoms with Gasteiger partial charge >= 0.3 is 0 Å². The number of fused-ring (bicyclic) bond motifs is 3. The van der Waals surface area contributed by atoms with E-state index in [4.69, 9.17) is 5.73 Å². The number of nitrogens with zero attached hydrogens (tertiary/aromatic N) is 1. The van der Waals surface area contributed by atoms with Gasteiger partial charge in [0.2, 0.25) is 5.91 Å². The van der Waals surface area contributed by atoms with Crippen LogP contribution in [0.2, 0.25) is 0 Å². The molecule has 0 spiro atoms. The third-order valence-electron chi connectivity index (χ3n) is 5.69. The van der Waals surface area contributed by atoms with Gasteiger partial charge in [-0.25, -0.2) is 0 Å². The molecule has 2 bridgehead atoms. The normalized spacial score (nSPS) is 25.8. The first-order valence-corrected chi connectivity index (χ1v) is 9.45. The number of hydrogen-bond donors (Lipinski definition) is 4. The lowest BCUT2D eigenvalue weighted by molar-refractivity contribution is -0.139. The molecular weight excluding hydrogens is 342 g/mol. The van der Waals surface area contributed by atoms with Gasteiger partial charge in [-0.1, -0.05) is 39.0 Å². The Kier molecular flexibility index (Phi) is 4.24. The van der Waals surface area contributed by atoms with Crippen LogP contribution in [0.4, 0.5) is 0 Å². The quantitative estimate of drug-likeness (QED) is 0.652. The number of carbonyl (C=O) groups is 2. The summed E-state index contributed by atoms with van der Waals surface area (Å²) in [4.78, 5) is 31.1. The van der Waals surface area contributed by atoms with Crippen molar-refractivity contribution in [1.29, 1.82) is 0 Å². The summed E-state index contributed by atoms with van der Waals surface area (Å²) in [6.45, 7) is 6.63. The molecule has 0 radical (unpaired) electrons. The number of benzene rings is 1. The average Bonchev–Trinajstić information content (AvgIpc) is 3.31. The first-order chi connectivity index (χ1) is 12.8. The second kappa shape index (κ2) is 6.35. The molecule has 2 aliphatic heterocycles. The minimum Gasteiger partial charge on any atom is -0.351 e. The number of para-hydroxylation sites is 1. The van der Waals surface area contributed by atoms with E-state index >= 15 is 0 Å². The van der Waals surface area contributed by atoms with Crippen LogP contribution in [-0.4, -0.2) is 52.5 Å². The number of nitrogens with one attached hydrogen (secondary N) is 3. The SMILES string of the molecule is CC(C)(C)[C@H](NC(=O)c1cc2ccccc2[nH]1)C(=O)N1C2CNC(C2)[C@@H]1N. The predicted octanol–water partition coefficient (Wildman–Crippen LogP) is 1.17. The molecule has 2 amide bonds. The highest BCUT2D eigenvalue weighted by atomic mass is 16.2. The zero-order valence-corrected chi connectivity index (χ0v) is 16.0. The number of H-pyrrole nitrogens is 1. The fourth-order valence-electron chi connectivity index (χ4n) is 4.19. The molecular formula is C20H27N5O2. The minimum atomic E-state index is -0.651. The lowest BCUT2D eigenvalue weighted by atomic mass is 9.85. The standard InChI is InChI=1S/C20H27N5O2/c1-20(2,3)16(19(27)25-12-9-14(17(25)21)22-10-12)24-18(26)15-8-11-6-4-5-7-13(11)23-15/h4-8,12,14,16-17,22-23H,9-10,21H2,1-3H3,(H,24,26)/t12?,14?,16-,17-/m1/s1. The van der Waals surface area contributed by atoms with E-state index < -0.39 is 11.5 Å². The first-order valence-electron chi connectivity index (χ1n) is 9.45.